The van der Waals surface area contributed by atoms with Crippen molar-refractivity contribution < 1.29 is 9.47 Å². The van der Waals surface area contributed by atoms with Crippen molar-refractivity contribution >= 4 is 8.07 Å². The van der Waals surface area contributed by atoms with Crippen molar-refractivity contribution in [2.75, 3.05) is 13.2 Å². The van der Waals surface area contributed by atoms with Gasteiger partial charge in [0.25, 0.3) is 0 Å². The van der Waals surface area contributed by atoms with Crippen LogP contribution in [-0.4, -0.2) is 27.6 Å². The molecule has 120 valence electrons. The van der Waals surface area contributed by atoms with Crippen LogP contribution in [0.25, 0.3) is 0 Å². The van der Waals surface area contributed by atoms with Crippen molar-refractivity contribution in [3.8, 4) is 23.3 Å². The van der Waals surface area contributed by atoms with Gasteiger partial charge in [-0.1, -0.05) is 41.5 Å². The second kappa shape index (κ2) is 10.1. The minimum Gasteiger partial charge on any atom is -0.342 e. The van der Waals surface area contributed by atoms with Crippen LogP contribution in [0.5, 0.6) is 0 Å². The SMILES string of the molecule is CCOC(C#CC#C[Si](C(C)C)(C(C)C)C(C)C)OCC. The van der Waals surface area contributed by atoms with Crippen LogP contribution in [0.2, 0.25) is 16.6 Å². The molecule has 0 heterocycles. The molecule has 3 heteroatoms. The molecule has 0 aliphatic heterocycles. The Morgan fingerprint density at radius 2 is 1.19 bits per heavy atom. The van der Waals surface area contributed by atoms with Gasteiger partial charge in [-0.15, -0.1) is 5.54 Å². The fourth-order valence-electron chi connectivity index (χ4n) is 3.10. The van der Waals surface area contributed by atoms with Gasteiger partial charge < -0.3 is 9.47 Å². The predicted molar refractivity (Wildman–Crippen MR) is 93.6 cm³/mol. The Bertz CT molecular complexity index is 377. The van der Waals surface area contributed by atoms with E-state index in [-0.39, 0.29) is 0 Å². The molecule has 21 heavy (non-hydrogen) atoms. The Balaban J connectivity index is 5.23. The highest BCUT2D eigenvalue weighted by Gasteiger charge is 2.41. The molecule has 0 spiro atoms. The smallest absolute Gasteiger partial charge is 0.223 e. The highest BCUT2D eigenvalue weighted by molar-refractivity contribution is 6.90. The molecule has 0 saturated carbocycles. The van der Waals surface area contributed by atoms with Gasteiger partial charge in [0.1, 0.15) is 8.07 Å². The van der Waals surface area contributed by atoms with Crippen LogP contribution in [0.4, 0.5) is 0 Å². The van der Waals surface area contributed by atoms with Crippen molar-refractivity contribution in [3.63, 3.8) is 0 Å². The third-order valence-electron chi connectivity index (χ3n) is 4.03. The first-order valence-corrected chi connectivity index (χ1v) is 10.3. The molecular weight excluding hydrogens is 276 g/mol. The summed E-state index contributed by atoms with van der Waals surface area (Å²) in [6, 6.07) is 0. The van der Waals surface area contributed by atoms with Gasteiger partial charge in [0.05, 0.1) is 0 Å². The van der Waals surface area contributed by atoms with E-state index in [0.717, 1.165) is 0 Å². The first-order chi connectivity index (χ1) is 9.82. The lowest BCUT2D eigenvalue weighted by molar-refractivity contribution is -0.0969. The molecule has 0 aromatic heterocycles. The summed E-state index contributed by atoms with van der Waals surface area (Å²) < 4.78 is 10.8. The van der Waals surface area contributed by atoms with E-state index < -0.39 is 14.4 Å². The Morgan fingerprint density at radius 3 is 1.52 bits per heavy atom. The summed E-state index contributed by atoms with van der Waals surface area (Å²) in [5, 5.41) is 0. The van der Waals surface area contributed by atoms with Crippen LogP contribution in [0.3, 0.4) is 0 Å². The molecule has 2 nitrogen and oxygen atoms in total. The van der Waals surface area contributed by atoms with Gasteiger partial charge >= 0.3 is 0 Å². The third kappa shape index (κ3) is 5.87. The molecule has 0 unspecified atom stereocenters. The molecule has 0 aromatic rings. The number of hydrogen-bond donors (Lipinski definition) is 0. The summed E-state index contributed by atoms with van der Waals surface area (Å²) >= 11 is 0. The Morgan fingerprint density at radius 1 is 0.762 bits per heavy atom. The first kappa shape index (κ1) is 20.3. The summed E-state index contributed by atoms with van der Waals surface area (Å²) in [5.74, 6) is 9.02. The Hall–Kier alpha value is -0.743. The lowest BCUT2D eigenvalue weighted by atomic mass is 10.5. The van der Waals surface area contributed by atoms with E-state index in [1.165, 1.54) is 0 Å². The topological polar surface area (TPSA) is 18.5 Å². The van der Waals surface area contributed by atoms with E-state index in [9.17, 15) is 0 Å². The molecule has 0 N–H and O–H groups in total. The monoisotopic (exact) mass is 308 g/mol. The maximum atomic E-state index is 5.40. The molecule has 0 rings (SSSR count). The van der Waals surface area contributed by atoms with Gasteiger partial charge in [-0.3, -0.25) is 0 Å². The molecule has 0 bridgehead atoms. The van der Waals surface area contributed by atoms with Gasteiger partial charge in [-0.2, -0.15) is 0 Å². The zero-order valence-electron chi connectivity index (χ0n) is 15.0. The van der Waals surface area contributed by atoms with Gasteiger partial charge in [0, 0.05) is 13.2 Å². The standard InChI is InChI=1S/C18H32O2Si/c1-9-19-18(20-10-2)13-11-12-14-21(15(3)4,16(5)6)17(7)8/h15-18H,9-10H2,1-8H3. The minimum absolute atomic E-state index is 0.456. The fraction of sp³-hybridized carbons (Fsp3) is 0.778. The third-order valence-corrected chi connectivity index (χ3v) is 10.3. The lowest BCUT2D eigenvalue weighted by Gasteiger charge is -2.37. The highest BCUT2D eigenvalue weighted by Crippen LogP contribution is 2.40. The van der Waals surface area contributed by atoms with E-state index in [1.54, 1.807) is 0 Å². The summed E-state index contributed by atoms with van der Waals surface area (Å²) in [4.78, 5) is 0. The van der Waals surface area contributed by atoms with Crippen LogP contribution >= 0.6 is 0 Å². The molecule has 0 aliphatic carbocycles. The molecule has 0 saturated heterocycles. The van der Waals surface area contributed by atoms with Gasteiger partial charge in [0.2, 0.25) is 6.29 Å². The minimum atomic E-state index is -1.68. The molecule has 0 fully saturated rings. The highest BCUT2D eigenvalue weighted by atomic mass is 28.3. The van der Waals surface area contributed by atoms with Crippen molar-refractivity contribution in [2.24, 2.45) is 0 Å². The van der Waals surface area contributed by atoms with E-state index in [1.807, 2.05) is 13.8 Å². The van der Waals surface area contributed by atoms with Crippen LogP contribution < -0.4 is 0 Å². The predicted octanol–water partition coefficient (Wildman–Crippen LogP) is 4.61. The Kier molecular flexibility index (Phi) is 9.71. The zero-order valence-corrected chi connectivity index (χ0v) is 16.0. The lowest BCUT2D eigenvalue weighted by Crippen LogP contribution is -2.43. The van der Waals surface area contributed by atoms with Crippen molar-refractivity contribution in [1.82, 2.24) is 0 Å². The van der Waals surface area contributed by atoms with Crippen LogP contribution in [0.1, 0.15) is 55.4 Å². The second-order valence-corrected chi connectivity index (χ2v) is 11.7. The van der Waals surface area contributed by atoms with E-state index in [2.05, 4.69) is 64.8 Å². The summed E-state index contributed by atoms with van der Waals surface area (Å²) in [6.45, 7) is 18.9. The van der Waals surface area contributed by atoms with E-state index in [4.69, 9.17) is 9.47 Å². The number of hydrogen-bond acceptors (Lipinski definition) is 2. The molecular formula is C18H32O2Si. The molecule has 0 amide bonds. The summed E-state index contributed by atoms with van der Waals surface area (Å²) in [6.07, 6.45) is -0.456. The Labute approximate surface area is 133 Å². The van der Waals surface area contributed by atoms with E-state index >= 15 is 0 Å². The van der Waals surface area contributed by atoms with Crippen LogP contribution in [-0.2, 0) is 9.47 Å². The number of rotatable bonds is 7. The number of ether oxygens (including phenoxy) is 2. The van der Waals surface area contributed by atoms with Crippen molar-refractivity contribution in [2.45, 2.75) is 78.3 Å². The van der Waals surface area contributed by atoms with Gasteiger partial charge in [-0.25, -0.2) is 0 Å². The first-order valence-electron chi connectivity index (χ1n) is 8.08. The summed E-state index contributed by atoms with van der Waals surface area (Å²) in [5.41, 5.74) is 5.45. The fourth-order valence-corrected chi connectivity index (χ4v) is 8.25. The second-order valence-electron chi connectivity index (χ2n) is 6.16. The zero-order chi connectivity index (χ0) is 16.5. The normalized spacial score (nSPS) is 11.6. The average Bonchev–Trinajstić information content (AvgIpc) is 2.37. The van der Waals surface area contributed by atoms with Crippen LogP contribution in [0, 0.1) is 23.3 Å². The largest absolute Gasteiger partial charge is 0.342 e. The molecule has 0 atom stereocenters. The average molecular weight is 309 g/mol. The molecule has 0 radical (unpaired) electrons. The molecule has 0 aliphatic rings. The molecule has 0 aromatic carbocycles. The van der Waals surface area contributed by atoms with E-state index in [0.29, 0.717) is 29.8 Å². The quantitative estimate of drug-likeness (QED) is 0.388. The van der Waals surface area contributed by atoms with Crippen molar-refractivity contribution in [1.29, 1.82) is 0 Å². The maximum Gasteiger partial charge on any atom is 0.223 e. The van der Waals surface area contributed by atoms with Gasteiger partial charge in [-0.05, 0) is 48.2 Å². The van der Waals surface area contributed by atoms with Crippen molar-refractivity contribution in [3.05, 3.63) is 0 Å². The van der Waals surface area contributed by atoms with Crippen LogP contribution in [0.15, 0.2) is 0 Å². The summed E-state index contributed by atoms with van der Waals surface area (Å²) in [7, 11) is -1.68. The maximum absolute atomic E-state index is 5.40. The van der Waals surface area contributed by atoms with Gasteiger partial charge in [0.15, 0.2) is 0 Å².